The Kier molecular flexibility index (Phi) is 7.30. The normalized spacial score (nSPS) is 21.7. The van der Waals surface area contributed by atoms with Crippen LogP contribution in [-0.2, 0) is 0 Å². The number of hydrogen-bond acceptors (Lipinski definition) is 6. The molecule has 0 amide bonds. The van der Waals surface area contributed by atoms with Gasteiger partial charge in [-0.2, -0.15) is 4.98 Å². The lowest BCUT2D eigenvalue weighted by atomic mass is 9.78. The number of thioether (sulfide) groups is 1. The van der Waals surface area contributed by atoms with Gasteiger partial charge in [0.25, 0.3) is 0 Å². The summed E-state index contributed by atoms with van der Waals surface area (Å²) in [5.41, 5.74) is 5.64. The Morgan fingerprint density at radius 2 is 2.12 bits per heavy atom. The highest BCUT2D eigenvalue weighted by Gasteiger charge is 2.34. The molecule has 5 nitrogen and oxygen atoms in total. The van der Waals surface area contributed by atoms with Crippen molar-refractivity contribution in [1.82, 2.24) is 15.2 Å². The van der Waals surface area contributed by atoms with E-state index in [-0.39, 0.29) is 6.23 Å². The molecule has 0 spiro atoms. The molecule has 1 N–H and O–H groups in total. The largest absolute Gasteiger partial charge is 0.452 e. The number of benzene rings is 1. The van der Waals surface area contributed by atoms with Gasteiger partial charge in [0.2, 0.25) is 11.0 Å². The molecule has 0 bridgehead atoms. The van der Waals surface area contributed by atoms with Crippen molar-refractivity contribution in [3.63, 3.8) is 0 Å². The second kappa shape index (κ2) is 10.3. The monoisotopic (exact) mass is 448 g/mol. The zero-order chi connectivity index (χ0) is 22.5. The van der Waals surface area contributed by atoms with Gasteiger partial charge in [-0.05, 0) is 51.5 Å². The molecule has 32 heavy (non-hydrogen) atoms. The molecule has 2 aliphatic rings. The highest BCUT2D eigenvalue weighted by molar-refractivity contribution is 7.99. The summed E-state index contributed by atoms with van der Waals surface area (Å²) in [6, 6.07) is 8.17. The van der Waals surface area contributed by atoms with Crippen LogP contribution >= 0.6 is 11.8 Å². The van der Waals surface area contributed by atoms with Crippen molar-refractivity contribution in [3.8, 4) is 17.1 Å². The molecule has 2 heterocycles. The van der Waals surface area contributed by atoms with Crippen molar-refractivity contribution in [2.45, 2.75) is 57.8 Å². The molecule has 0 saturated heterocycles. The van der Waals surface area contributed by atoms with E-state index in [0.717, 1.165) is 42.7 Å². The molecular formula is C26H32N4OS. The van der Waals surface area contributed by atoms with Crippen LogP contribution in [-0.4, -0.2) is 27.2 Å². The number of rotatable bonds is 7. The van der Waals surface area contributed by atoms with Crippen molar-refractivity contribution >= 4 is 17.4 Å². The molecule has 1 aromatic heterocycles. The summed E-state index contributed by atoms with van der Waals surface area (Å²) in [4.78, 5) is 4.71. The smallest absolute Gasteiger partial charge is 0.247 e. The van der Waals surface area contributed by atoms with Crippen LogP contribution in [0.3, 0.4) is 0 Å². The Balaban J connectivity index is 1.59. The Labute approximate surface area is 195 Å². The fraction of sp³-hybridized carbons (Fsp3) is 0.423. The van der Waals surface area contributed by atoms with E-state index >= 15 is 0 Å². The minimum Gasteiger partial charge on any atom is -0.452 e. The standard InChI is InChI=1S/C26H32N4OS/c1-5-15-32-26-28-25-23(29-30-26)21-11-6-7-12-22(21)27-24(31-25)20-14-13-19(16-18(20)4)10-8-9-17(2)3/h5-7,9,11-13,18,20,24,27H,1,8,10,14-16H2,2-4H3/t18-,20+,24+/m0/s1. The summed E-state index contributed by atoms with van der Waals surface area (Å²) in [5, 5.41) is 13.0. The zero-order valence-corrected chi connectivity index (χ0v) is 20.0. The van der Waals surface area contributed by atoms with Gasteiger partial charge in [-0.25, -0.2) is 0 Å². The quantitative estimate of drug-likeness (QED) is 0.377. The van der Waals surface area contributed by atoms with E-state index in [9.17, 15) is 0 Å². The molecule has 0 radical (unpaired) electrons. The van der Waals surface area contributed by atoms with Gasteiger partial charge in [-0.15, -0.1) is 16.8 Å². The first kappa shape index (κ1) is 22.6. The number of allylic oxidation sites excluding steroid dienone is 4. The van der Waals surface area contributed by atoms with E-state index in [1.54, 1.807) is 5.57 Å². The summed E-state index contributed by atoms with van der Waals surface area (Å²) in [6.45, 7) is 10.4. The second-order valence-corrected chi connectivity index (χ2v) is 9.83. The van der Waals surface area contributed by atoms with Crippen LogP contribution < -0.4 is 10.1 Å². The molecule has 1 aromatic carbocycles. The minimum absolute atomic E-state index is 0.170. The van der Waals surface area contributed by atoms with Crippen LogP contribution in [0, 0.1) is 11.8 Å². The Morgan fingerprint density at radius 3 is 2.91 bits per heavy atom. The van der Waals surface area contributed by atoms with E-state index in [0.29, 0.717) is 28.6 Å². The van der Waals surface area contributed by atoms with Gasteiger partial charge in [-0.3, -0.25) is 0 Å². The van der Waals surface area contributed by atoms with Crippen LogP contribution in [0.5, 0.6) is 5.88 Å². The van der Waals surface area contributed by atoms with Crippen molar-refractivity contribution in [2.75, 3.05) is 11.1 Å². The summed E-state index contributed by atoms with van der Waals surface area (Å²) < 4.78 is 6.52. The second-order valence-electron chi connectivity index (χ2n) is 8.84. The first-order valence-corrected chi connectivity index (χ1v) is 12.4. The van der Waals surface area contributed by atoms with Crippen LogP contribution in [0.25, 0.3) is 11.3 Å². The van der Waals surface area contributed by atoms with Crippen LogP contribution in [0.2, 0.25) is 0 Å². The highest BCUT2D eigenvalue weighted by atomic mass is 32.2. The van der Waals surface area contributed by atoms with Gasteiger partial charge in [-0.1, -0.05) is 66.3 Å². The Bertz CT molecular complexity index is 1030. The maximum Gasteiger partial charge on any atom is 0.247 e. The summed E-state index contributed by atoms with van der Waals surface area (Å²) in [6.07, 6.45) is 10.8. The summed E-state index contributed by atoms with van der Waals surface area (Å²) in [7, 11) is 0. The Morgan fingerprint density at radius 1 is 1.28 bits per heavy atom. The topological polar surface area (TPSA) is 59.9 Å². The molecule has 2 aromatic rings. The van der Waals surface area contributed by atoms with Gasteiger partial charge in [0.1, 0.15) is 0 Å². The fourth-order valence-corrected chi connectivity index (χ4v) is 4.93. The number of fused-ring (bicyclic) bond motifs is 3. The first-order chi connectivity index (χ1) is 15.5. The molecule has 168 valence electrons. The van der Waals surface area contributed by atoms with Crippen LogP contribution in [0.4, 0.5) is 5.69 Å². The molecule has 3 atom stereocenters. The van der Waals surface area contributed by atoms with Crippen molar-refractivity contribution in [2.24, 2.45) is 11.8 Å². The van der Waals surface area contributed by atoms with Gasteiger partial charge >= 0.3 is 0 Å². The lowest BCUT2D eigenvalue weighted by Crippen LogP contribution is -2.39. The molecule has 0 unspecified atom stereocenters. The maximum atomic E-state index is 6.52. The minimum atomic E-state index is -0.170. The number of ether oxygens (including phenoxy) is 1. The van der Waals surface area contributed by atoms with Gasteiger partial charge in [0.15, 0.2) is 11.9 Å². The van der Waals surface area contributed by atoms with E-state index in [1.165, 1.54) is 17.3 Å². The summed E-state index contributed by atoms with van der Waals surface area (Å²) >= 11 is 1.51. The lowest BCUT2D eigenvalue weighted by Gasteiger charge is -2.35. The third-order valence-corrected chi connectivity index (χ3v) is 6.92. The molecule has 0 fully saturated rings. The molecule has 6 heteroatoms. The van der Waals surface area contributed by atoms with Crippen molar-refractivity contribution in [1.29, 1.82) is 0 Å². The predicted molar refractivity (Wildman–Crippen MR) is 133 cm³/mol. The molecule has 0 saturated carbocycles. The summed E-state index contributed by atoms with van der Waals surface area (Å²) in [5.74, 6) is 2.15. The van der Waals surface area contributed by atoms with E-state index in [4.69, 9.17) is 9.72 Å². The molecule has 1 aliphatic heterocycles. The van der Waals surface area contributed by atoms with Crippen molar-refractivity contribution in [3.05, 3.63) is 60.2 Å². The zero-order valence-electron chi connectivity index (χ0n) is 19.2. The average molecular weight is 449 g/mol. The Hall–Kier alpha value is -2.60. The molecular weight excluding hydrogens is 416 g/mol. The predicted octanol–water partition coefficient (Wildman–Crippen LogP) is 6.67. The average Bonchev–Trinajstić information content (AvgIpc) is 2.94. The number of hydrogen-bond donors (Lipinski definition) is 1. The van der Waals surface area contributed by atoms with Gasteiger partial charge in [0.05, 0.1) is 0 Å². The number of nitrogens with one attached hydrogen (secondary N) is 1. The van der Waals surface area contributed by atoms with Crippen LogP contribution in [0.1, 0.15) is 46.5 Å². The third-order valence-electron chi connectivity index (χ3n) is 6.08. The number of para-hydroxylation sites is 1. The van der Waals surface area contributed by atoms with Gasteiger partial charge in [0, 0.05) is 22.9 Å². The number of nitrogens with zero attached hydrogens (tertiary/aromatic N) is 3. The number of aromatic nitrogens is 3. The molecule has 1 aliphatic carbocycles. The third kappa shape index (κ3) is 5.23. The number of anilines is 1. The van der Waals surface area contributed by atoms with E-state index < -0.39 is 0 Å². The lowest BCUT2D eigenvalue weighted by molar-refractivity contribution is 0.114. The molecule has 4 rings (SSSR count). The fourth-order valence-electron chi connectivity index (χ4n) is 4.41. The van der Waals surface area contributed by atoms with Gasteiger partial charge < -0.3 is 10.1 Å². The van der Waals surface area contributed by atoms with E-state index in [2.05, 4.69) is 61.1 Å². The first-order valence-electron chi connectivity index (χ1n) is 11.4. The van der Waals surface area contributed by atoms with E-state index in [1.807, 2.05) is 24.3 Å². The van der Waals surface area contributed by atoms with Crippen molar-refractivity contribution < 1.29 is 4.74 Å². The van der Waals surface area contributed by atoms with Crippen LogP contribution in [0.15, 0.2) is 65.4 Å². The highest BCUT2D eigenvalue weighted by Crippen LogP contribution is 2.41. The SMILES string of the molecule is C=CCSc1nnc2c(n1)O[C@H]([C@@H]1CC=C(CCC=C(C)C)C[C@@H]1C)Nc1ccccc1-2. The maximum absolute atomic E-state index is 6.52.